The summed E-state index contributed by atoms with van der Waals surface area (Å²) in [5.74, 6) is 6.10. The van der Waals surface area contributed by atoms with E-state index in [-0.39, 0.29) is 5.91 Å². The molecule has 1 amide bonds. The van der Waals surface area contributed by atoms with Crippen LogP contribution < -0.4 is 11.3 Å². The molecule has 1 fully saturated rings. The van der Waals surface area contributed by atoms with Gasteiger partial charge in [-0.1, -0.05) is 0 Å². The number of hydrogen-bond donors (Lipinski definition) is 2. The van der Waals surface area contributed by atoms with Crippen molar-refractivity contribution < 1.29 is 4.79 Å². The second-order valence-corrected chi connectivity index (χ2v) is 3.81. The third-order valence-electron chi connectivity index (χ3n) is 1.60. The van der Waals surface area contributed by atoms with Crippen LogP contribution in [-0.2, 0) is 4.79 Å². The third kappa shape index (κ3) is 2.19. The topological polar surface area (TPSA) is 55.1 Å². The molecule has 1 rings (SSSR count). The van der Waals surface area contributed by atoms with Crippen molar-refractivity contribution in [2.24, 2.45) is 5.84 Å². The van der Waals surface area contributed by atoms with Crippen LogP contribution in [0.4, 0.5) is 0 Å². The number of hydrazine groups is 1. The van der Waals surface area contributed by atoms with E-state index >= 15 is 0 Å². The van der Waals surface area contributed by atoms with Crippen molar-refractivity contribution in [3.63, 3.8) is 0 Å². The molecule has 0 aromatic rings. The first-order chi connectivity index (χ1) is 4.83. The zero-order valence-electron chi connectivity index (χ0n) is 5.80. The highest BCUT2D eigenvalue weighted by molar-refractivity contribution is 8.00. The van der Waals surface area contributed by atoms with Gasteiger partial charge in [0.05, 0.1) is 0 Å². The number of thioether (sulfide) groups is 1. The summed E-state index contributed by atoms with van der Waals surface area (Å²) in [7, 11) is 0. The number of nitrogens with one attached hydrogen (secondary N) is 1. The minimum Gasteiger partial charge on any atom is -0.294 e. The van der Waals surface area contributed by atoms with Gasteiger partial charge in [0.1, 0.15) is 0 Å². The molecule has 0 aliphatic carbocycles. The van der Waals surface area contributed by atoms with E-state index in [9.17, 15) is 4.79 Å². The molecule has 10 heavy (non-hydrogen) atoms. The van der Waals surface area contributed by atoms with E-state index in [1.807, 2.05) is 11.8 Å². The van der Waals surface area contributed by atoms with Crippen molar-refractivity contribution in [2.45, 2.75) is 24.5 Å². The van der Waals surface area contributed by atoms with E-state index in [0.29, 0.717) is 11.7 Å². The van der Waals surface area contributed by atoms with Gasteiger partial charge in [0, 0.05) is 11.7 Å². The highest BCUT2D eigenvalue weighted by Crippen LogP contribution is 2.28. The molecular weight excluding hydrogens is 148 g/mol. The molecule has 1 aliphatic heterocycles. The van der Waals surface area contributed by atoms with Crippen LogP contribution in [0.5, 0.6) is 0 Å². The van der Waals surface area contributed by atoms with Crippen molar-refractivity contribution in [3.05, 3.63) is 0 Å². The van der Waals surface area contributed by atoms with Gasteiger partial charge in [-0.25, -0.2) is 5.84 Å². The Morgan fingerprint density at radius 3 is 3.10 bits per heavy atom. The van der Waals surface area contributed by atoms with Crippen LogP contribution >= 0.6 is 11.8 Å². The Morgan fingerprint density at radius 2 is 2.60 bits per heavy atom. The number of rotatable bonds is 2. The van der Waals surface area contributed by atoms with Gasteiger partial charge < -0.3 is 0 Å². The Kier molecular flexibility index (Phi) is 3.02. The number of amides is 1. The van der Waals surface area contributed by atoms with Gasteiger partial charge in [-0.2, -0.15) is 11.8 Å². The summed E-state index contributed by atoms with van der Waals surface area (Å²) >= 11 is 1.87. The summed E-state index contributed by atoms with van der Waals surface area (Å²) in [6.07, 6.45) is 2.99. The third-order valence-corrected chi connectivity index (χ3v) is 3.00. The van der Waals surface area contributed by atoms with E-state index in [1.165, 1.54) is 12.2 Å². The van der Waals surface area contributed by atoms with Crippen molar-refractivity contribution in [2.75, 3.05) is 5.75 Å². The molecular formula is C6H12N2OS. The molecule has 1 atom stereocenters. The predicted molar refractivity (Wildman–Crippen MR) is 42.4 cm³/mol. The van der Waals surface area contributed by atoms with Gasteiger partial charge in [0.15, 0.2) is 0 Å². The Labute approximate surface area is 64.7 Å². The lowest BCUT2D eigenvalue weighted by Gasteiger charge is -2.04. The van der Waals surface area contributed by atoms with Gasteiger partial charge >= 0.3 is 0 Å². The average molecular weight is 160 g/mol. The minimum absolute atomic E-state index is 0.0422. The van der Waals surface area contributed by atoms with Crippen LogP contribution in [0, 0.1) is 0 Å². The standard InChI is InChI=1S/C6H12N2OS/c7-8-6(9)4-5-2-1-3-10-5/h5H,1-4,7H2,(H,8,9). The van der Waals surface area contributed by atoms with E-state index < -0.39 is 0 Å². The van der Waals surface area contributed by atoms with Gasteiger partial charge in [0.25, 0.3) is 0 Å². The van der Waals surface area contributed by atoms with Gasteiger partial charge in [-0.15, -0.1) is 0 Å². The molecule has 0 spiro atoms. The molecule has 3 N–H and O–H groups in total. The fraction of sp³-hybridized carbons (Fsp3) is 0.833. The van der Waals surface area contributed by atoms with Crippen LogP contribution in [0.1, 0.15) is 19.3 Å². The normalized spacial score (nSPS) is 24.7. The molecule has 3 nitrogen and oxygen atoms in total. The second kappa shape index (κ2) is 3.83. The summed E-state index contributed by atoms with van der Waals surface area (Å²) in [5.41, 5.74) is 2.14. The highest BCUT2D eigenvalue weighted by Gasteiger charge is 2.17. The Balaban J connectivity index is 2.17. The maximum absolute atomic E-state index is 10.7. The highest BCUT2D eigenvalue weighted by atomic mass is 32.2. The molecule has 1 aliphatic rings. The maximum atomic E-state index is 10.7. The van der Waals surface area contributed by atoms with Gasteiger partial charge in [0.2, 0.25) is 5.91 Å². The molecule has 0 saturated carbocycles. The zero-order valence-corrected chi connectivity index (χ0v) is 6.62. The predicted octanol–water partition coefficient (Wildman–Crippen LogP) is 0.262. The number of nitrogens with two attached hydrogens (primary N) is 1. The van der Waals surface area contributed by atoms with Crippen LogP contribution in [0.2, 0.25) is 0 Å². The lowest BCUT2D eigenvalue weighted by molar-refractivity contribution is -0.121. The molecule has 0 radical (unpaired) electrons. The maximum Gasteiger partial charge on any atom is 0.234 e. The molecule has 4 heteroatoms. The summed E-state index contributed by atoms with van der Waals surface area (Å²) in [6, 6.07) is 0. The first-order valence-electron chi connectivity index (χ1n) is 3.44. The molecule has 1 heterocycles. The van der Waals surface area contributed by atoms with E-state index in [0.717, 1.165) is 6.42 Å². The monoisotopic (exact) mass is 160 g/mol. The summed E-state index contributed by atoms with van der Waals surface area (Å²) < 4.78 is 0. The lowest BCUT2D eigenvalue weighted by atomic mass is 10.2. The Morgan fingerprint density at radius 1 is 1.80 bits per heavy atom. The Bertz CT molecular complexity index is 123. The number of carbonyl (C=O) groups is 1. The summed E-state index contributed by atoms with van der Waals surface area (Å²) in [4.78, 5) is 10.7. The molecule has 58 valence electrons. The quantitative estimate of drug-likeness (QED) is 0.346. The van der Waals surface area contributed by atoms with Crippen molar-refractivity contribution >= 4 is 17.7 Å². The van der Waals surface area contributed by atoms with Crippen LogP contribution in [0.25, 0.3) is 0 Å². The smallest absolute Gasteiger partial charge is 0.234 e. The van der Waals surface area contributed by atoms with Crippen LogP contribution in [-0.4, -0.2) is 16.9 Å². The molecule has 0 aromatic heterocycles. The number of hydrogen-bond acceptors (Lipinski definition) is 3. The van der Waals surface area contributed by atoms with Crippen LogP contribution in [0.15, 0.2) is 0 Å². The van der Waals surface area contributed by atoms with Crippen molar-refractivity contribution in [1.29, 1.82) is 0 Å². The number of carbonyl (C=O) groups excluding carboxylic acids is 1. The summed E-state index contributed by atoms with van der Waals surface area (Å²) in [6.45, 7) is 0. The van der Waals surface area contributed by atoms with Crippen molar-refractivity contribution in [3.8, 4) is 0 Å². The van der Waals surface area contributed by atoms with Crippen molar-refractivity contribution in [1.82, 2.24) is 5.43 Å². The minimum atomic E-state index is -0.0422. The van der Waals surface area contributed by atoms with Gasteiger partial charge in [-0.05, 0) is 18.6 Å². The zero-order chi connectivity index (χ0) is 7.40. The first kappa shape index (κ1) is 7.88. The summed E-state index contributed by atoms with van der Waals surface area (Å²) in [5, 5.41) is 0.517. The average Bonchev–Trinajstić information content (AvgIpc) is 2.40. The lowest BCUT2D eigenvalue weighted by Crippen LogP contribution is -2.31. The van der Waals surface area contributed by atoms with Crippen LogP contribution in [0.3, 0.4) is 0 Å². The fourth-order valence-corrected chi connectivity index (χ4v) is 2.34. The van der Waals surface area contributed by atoms with E-state index in [2.05, 4.69) is 5.43 Å². The van der Waals surface area contributed by atoms with E-state index in [1.54, 1.807) is 0 Å². The largest absolute Gasteiger partial charge is 0.294 e. The second-order valence-electron chi connectivity index (χ2n) is 2.41. The molecule has 0 aromatic carbocycles. The first-order valence-corrected chi connectivity index (χ1v) is 4.49. The fourth-order valence-electron chi connectivity index (χ4n) is 1.07. The molecule has 0 bridgehead atoms. The van der Waals surface area contributed by atoms with E-state index in [4.69, 9.17) is 5.84 Å². The van der Waals surface area contributed by atoms with Gasteiger partial charge in [-0.3, -0.25) is 10.2 Å². The molecule has 1 unspecified atom stereocenters. The Hall–Kier alpha value is -0.220. The molecule has 1 saturated heterocycles. The SMILES string of the molecule is NNC(=O)CC1CCCS1.